The van der Waals surface area contributed by atoms with Crippen LogP contribution < -0.4 is 10.9 Å². The van der Waals surface area contributed by atoms with Gasteiger partial charge in [-0.3, -0.25) is 4.79 Å². The van der Waals surface area contributed by atoms with E-state index >= 15 is 0 Å². The fourth-order valence-corrected chi connectivity index (χ4v) is 5.27. The molecule has 0 spiro atoms. The highest BCUT2D eigenvalue weighted by atomic mass is 28.1. The van der Waals surface area contributed by atoms with Crippen LogP contribution in [0.15, 0.2) is 29.1 Å². The molecule has 3 N–H and O–H groups in total. The lowest BCUT2D eigenvalue weighted by Gasteiger charge is -2.27. The summed E-state index contributed by atoms with van der Waals surface area (Å²) in [5, 5.41) is 18.3. The Hall–Kier alpha value is -2.74. The quantitative estimate of drug-likeness (QED) is 0.391. The molecule has 13 heteroatoms. The van der Waals surface area contributed by atoms with E-state index in [0.717, 1.165) is 38.8 Å². The number of aliphatic hydroxyl groups excluding tert-OH is 1. The Morgan fingerprint density at radius 1 is 1.21 bits per heavy atom. The number of halogens is 3. The molecule has 38 heavy (non-hydrogen) atoms. The molecule has 5 rings (SSSR count). The number of nitrogens with zero attached hydrogens (tertiary/aromatic N) is 4. The predicted octanol–water partition coefficient (Wildman–Crippen LogP) is 2.67. The number of benzene rings is 1. The van der Waals surface area contributed by atoms with Crippen molar-refractivity contribution in [2.75, 3.05) is 38.1 Å². The van der Waals surface area contributed by atoms with Crippen molar-refractivity contribution in [1.29, 1.82) is 0 Å². The van der Waals surface area contributed by atoms with Gasteiger partial charge in [-0.2, -0.15) is 13.2 Å². The topological polar surface area (TPSA) is 108 Å². The van der Waals surface area contributed by atoms with Gasteiger partial charge in [0.2, 0.25) is 5.82 Å². The normalized spacial score (nSPS) is 20.6. The molecule has 3 radical (unpaired) electrons. The summed E-state index contributed by atoms with van der Waals surface area (Å²) < 4.78 is 47.2. The van der Waals surface area contributed by atoms with Gasteiger partial charge in [0.1, 0.15) is 5.52 Å². The molecule has 9 nitrogen and oxygen atoms in total. The van der Waals surface area contributed by atoms with Crippen molar-refractivity contribution < 1.29 is 23.0 Å². The van der Waals surface area contributed by atoms with Crippen LogP contribution in [-0.4, -0.2) is 78.9 Å². The first kappa shape index (κ1) is 26.8. The smallest absolute Gasteiger partial charge is 0.392 e. The number of alkyl halides is 3. The number of ether oxygens (including phenoxy) is 1. The molecule has 1 aromatic carbocycles. The first-order chi connectivity index (χ1) is 18.2. The van der Waals surface area contributed by atoms with E-state index in [4.69, 9.17) is 4.74 Å². The number of hydrogen-bond donors (Lipinski definition) is 3. The highest BCUT2D eigenvalue weighted by molar-refractivity contribution is 6.12. The molecule has 2 aromatic heterocycles. The van der Waals surface area contributed by atoms with Crippen molar-refractivity contribution in [3.63, 3.8) is 0 Å². The summed E-state index contributed by atoms with van der Waals surface area (Å²) in [6, 6.07) is 8.35. The van der Waals surface area contributed by atoms with Gasteiger partial charge < -0.3 is 25.0 Å². The molecule has 3 atom stereocenters. The van der Waals surface area contributed by atoms with Gasteiger partial charge >= 0.3 is 6.18 Å². The number of β-amino-alcohol motifs (C(OH)–C–C–N with tert-alkyl or cyclic N) is 1. The first-order valence-electron chi connectivity index (χ1n) is 12.8. The minimum Gasteiger partial charge on any atom is -0.392 e. The zero-order valence-electron chi connectivity index (χ0n) is 20.8. The van der Waals surface area contributed by atoms with Crippen molar-refractivity contribution in [3.8, 4) is 0 Å². The number of aliphatic hydroxyl groups is 1. The Balaban J connectivity index is 1.31. The van der Waals surface area contributed by atoms with Crippen molar-refractivity contribution >= 4 is 27.1 Å². The molecule has 2 aliphatic rings. The molecule has 1 saturated heterocycles. The number of hydrogen-bond acceptors (Lipinski definition) is 7. The minimum atomic E-state index is -4.82. The average molecular weight is 548 g/mol. The zero-order chi connectivity index (χ0) is 26.9. The van der Waals surface area contributed by atoms with E-state index in [1.165, 1.54) is 15.8 Å². The molecule has 3 aromatic rings. The van der Waals surface area contributed by atoms with Gasteiger partial charge in [0.05, 0.1) is 6.10 Å². The Labute approximate surface area is 220 Å². The number of anilines is 1. The van der Waals surface area contributed by atoms with Crippen LogP contribution in [0.2, 0.25) is 5.54 Å². The van der Waals surface area contributed by atoms with Crippen molar-refractivity contribution in [2.24, 2.45) is 0 Å². The Morgan fingerprint density at radius 3 is 2.55 bits per heavy atom. The molecule has 0 aliphatic carbocycles. The van der Waals surface area contributed by atoms with Crippen LogP contribution in [0.1, 0.15) is 42.4 Å². The zero-order valence-corrected chi connectivity index (χ0v) is 21.8. The second-order valence-corrected chi connectivity index (χ2v) is 10.6. The van der Waals surface area contributed by atoms with Crippen LogP contribution in [0.5, 0.6) is 0 Å². The van der Waals surface area contributed by atoms with E-state index in [9.17, 15) is 23.1 Å². The second kappa shape index (κ2) is 11.2. The van der Waals surface area contributed by atoms with Crippen LogP contribution in [0.3, 0.4) is 0 Å². The summed E-state index contributed by atoms with van der Waals surface area (Å²) in [6.45, 7) is 2.70. The van der Waals surface area contributed by atoms with Crippen molar-refractivity contribution in [3.05, 3.63) is 51.6 Å². The molecular formula is C25H30F3N6O3Si. The third-order valence-corrected chi connectivity index (χ3v) is 7.75. The average Bonchev–Trinajstić information content (AvgIpc) is 3.16. The summed E-state index contributed by atoms with van der Waals surface area (Å²) in [5.74, 6) is -1.36. The summed E-state index contributed by atoms with van der Waals surface area (Å²) >= 11 is 0. The largest absolute Gasteiger partial charge is 0.449 e. The molecule has 203 valence electrons. The number of aromatic nitrogens is 4. The second-order valence-electron chi connectivity index (χ2n) is 9.85. The summed E-state index contributed by atoms with van der Waals surface area (Å²) in [5.41, 5.74) is 1.01. The lowest BCUT2D eigenvalue weighted by atomic mass is 10.0. The van der Waals surface area contributed by atoms with Crippen LogP contribution in [0, 0.1) is 0 Å². The fraction of sp³-hybridized carbons (Fsp3) is 0.560. The molecule has 2 aliphatic heterocycles. The van der Waals surface area contributed by atoms with Gasteiger partial charge in [0, 0.05) is 43.0 Å². The highest BCUT2D eigenvalue weighted by Crippen LogP contribution is 2.31. The third kappa shape index (κ3) is 5.80. The highest BCUT2D eigenvalue weighted by Gasteiger charge is 2.36. The van der Waals surface area contributed by atoms with E-state index in [2.05, 4.69) is 42.7 Å². The van der Waals surface area contributed by atoms with Crippen LogP contribution in [0.4, 0.5) is 19.0 Å². The van der Waals surface area contributed by atoms with Crippen LogP contribution >= 0.6 is 0 Å². The van der Waals surface area contributed by atoms with Crippen LogP contribution in [0.25, 0.3) is 11.0 Å². The van der Waals surface area contributed by atoms with Gasteiger partial charge in [-0.25, -0.2) is 9.67 Å². The van der Waals surface area contributed by atoms with E-state index in [1.807, 2.05) is 17.1 Å². The Kier molecular flexibility index (Phi) is 7.89. The SMILES string of the molecule is O=c1[nH]c(C(F)(F)F)nc2c(NCC([Si])[C@H](O)CN3CCc4ccccc4CC3)nn(C3CCCCO3)c12. The van der Waals surface area contributed by atoms with Crippen molar-refractivity contribution in [2.45, 2.75) is 56.2 Å². The van der Waals surface area contributed by atoms with E-state index in [1.54, 1.807) is 0 Å². The number of nitrogens with one attached hydrogen (secondary N) is 2. The maximum absolute atomic E-state index is 13.4. The van der Waals surface area contributed by atoms with E-state index < -0.39 is 35.4 Å². The van der Waals surface area contributed by atoms with Gasteiger partial charge in [-0.05, 0) is 48.8 Å². The van der Waals surface area contributed by atoms with Gasteiger partial charge in [-0.15, -0.1) is 5.10 Å². The molecule has 4 heterocycles. The fourth-order valence-electron chi connectivity index (χ4n) is 5.06. The standard InChI is InChI=1S/C25H30F3N6O3Si/c26-25(27,28)24-30-20-21(23(36)31-24)34(19-7-3-4-12-37-19)32-22(20)29-13-18(38)17(35)14-33-10-8-15-5-1-2-6-16(15)9-11-33/h1-2,5-6,17-19,35H,3-4,7-14H2,(H,29,32)(H,30,31,36)/t17-,18?,19?/m1/s1. The molecule has 1 fully saturated rings. The molecular weight excluding hydrogens is 517 g/mol. The number of rotatable bonds is 7. The maximum Gasteiger partial charge on any atom is 0.449 e. The summed E-state index contributed by atoms with van der Waals surface area (Å²) in [7, 11) is 3.58. The summed E-state index contributed by atoms with van der Waals surface area (Å²) in [6.07, 6.45) is -2.05. The maximum atomic E-state index is 13.4. The van der Waals surface area contributed by atoms with Gasteiger partial charge in [0.25, 0.3) is 5.56 Å². The minimum absolute atomic E-state index is 0.0337. The first-order valence-corrected chi connectivity index (χ1v) is 13.4. The number of aromatic amines is 1. The lowest BCUT2D eigenvalue weighted by molar-refractivity contribution is -0.144. The van der Waals surface area contributed by atoms with E-state index in [0.29, 0.717) is 19.6 Å². The molecule has 0 bridgehead atoms. The van der Waals surface area contributed by atoms with Crippen molar-refractivity contribution in [1.82, 2.24) is 24.6 Å². The predicted molar refractivity (Wildman–Crippen MR) is 136 cm³/mol. The Morgan fingerprint density at radius 2 is 1.92 bits per heavy atom. The van der Waals surface area contributed by atoms with Gasteiger partial charge in [0.15, 0.2) is 17.6 Å². The Bertz CT molecular complexity index is 1300. The molecule has 0 saturated carbocycles. The summed E-state index contributed by atoms with van der Waals surface area (Å²) in [4.78, 5) is 20.4. The lowest BCUT2D eigenvalue weighted by Crippen LogP contribution is -2.38. The van der Waals surface area contributed by atoms with Gasteiger partial charge in [-0.1, -0.05) is 24.3 Å². The molecule has 0 amide bonds. The van der Waals surface area contributed by atoms with Crippen LogP contribution in [-0.2, 0) is 23.8 Å². The van der Waals surface area contributed by atoms with E-state index in [-0.39, 0.29) is 23.4 Å². The number of fused-ring (bicyclic) bond motifs is 2. The monoisotopic (exact) mass is 547 g/mol. The molecule has 2 unspecified atom stereocenters. The number of H-pyrrole nitrogens is 1. The third-order valence-electron chi connectivity index (χ3n) is 7.17.